The third-order valence-electron chi connectivity index (χ3n) is 6.01. The number of aliphatic imine (C=N–C) groups is 1. The summed E-state index contributed by atoms with van der Waals surface area (Å²) in [4.78, 5) is 33.7. The zero-order chi connectivity index (χ0) is 21.5. The largest absolute Gasteiger partial charge is 0.459 e. The SMILES string of the molecule is CC(=O)N1c2ccc(C3C=Nc4ccccc4C3)cc2N(C(=O)c2ccco2)C[C@@H]1C. The summed E-state index contributed by atoms with van der Waals surface area (Å²) >= 11 is 0. The van der Waals surface area contributed by atoms with Gasteiger partial charge in [-0.15, -0.1) is 0 Å². The molecular formula is C25H23N3O3. The minimum absolute atomic E-state index is 0.0419. The maximum atomic E-state index is 13.2. The van der Waals surface area contributed by atoms with Crippen molar-refractivity contribution in [3.63, 3.8) is 0 Å². The second-order valence-corrected chi connectivity index (χ2v) is 8.10. The van der Waals surface area contributed by atoms with Gasteiger partial charge in [0.1, 0.15) is 0 Å². The third-order valence-corrected chi connectivity index (χ3v) is 6.01. The number of hydrogen-bond donors (Lipinski definition) is 0. The van der Waals surface area contributed by atoms with E-state index in [0.717, 1.165) is 29.0 Å². The van der Waals surface area contributed by atoms with Crippen molar-refractivity contribution >= 4 is 35.1 Å². The molecule has 3 heterocycles. The average molecular weight is 413 g/mol. The second kappa shape index (κ2) is 7.54. The minimum Gasteiger partial charge on any atom is -0.459 e. The molecule has 1 unspecified atom stereocenters. The fourth-order valence-electron chi connectivity index (χ4n) is 4.55. The zero-order valence-electron chi connectivity index (χ0n) is 17.5. The summed E-state index contributed by atoms with van der Waals surface area (Å²) in [7, 11) is 0. The van der Waals surface area contributed by atoms with E-state index in [0.29, 0.717) is 6.54 Å². The Morgan fingerprint density at radius 1 is 1.06 bits per heavy atom. The van der Waals surface area contributed by atoms with E-state index in [1.165, 1.54) is 11.8 Å². The number of anilines is 2. The highest BCUT2D eigenvalue weighted by Crippen LogP contribution is 2.40. The lowest BCUT2D eigenvalue weighted by Gasteiger charge is -2.41. The summed E-state index contributed by atoms with van der Waals surface area (Å²) < 4.78 is 5.37. The molecule has 2 atom stereocenters. The van der Waals surface area contributed by atoms with Crippen LogP contribution < -0.4 is 9.80 Å². The molecule has 6 nitrogen and oxygen atoms in total. The lowest BCUT2D eigenvalue weighted by Crippen LogP contribution is -2.51. The number of hydrogen-bond acceptors (Lipinski definition) is 4. The van der Waals surface area contributed by atoms with E-state index in [9.17, 15) is 9.59 Å². The molecule has 0 saturated carbocycles. The number of rotatable bonds is 2. The van der Waals surface area contributed by atoms with Gasteiger partial charge >= 0.3 is 0 Å². The van der Waals surface area contributed by atoms with Gasteiger partial charge in [-0.05, 0) is 54.8 Å². The molecule has 0 radical (unpaired) electrons. The summed E-state index contributed by atoms with van der Waals surface area (Å²) in [6, 6.07) is 17.4. The molecule has 156 valence electrons. The van der Waals surface area contributed by atoms with Crippen LogP contribution in [0.3, 0.4) is 0 Å². The first kappa shape index (κ1) is 19.3. The molecule has 3 aromatic rings. The molecule has 6 heteroatoms. The van der Waals surface area contributed by atoms with Crippen molar-refractivity contribution in [2.24, 2.45) is 4.99 Å². The van der Waals surface area contributed by atoms with Gasteiger partial charge in [0.15, 0.2) is 5.76 Å². The fraction of sp³-hybridized carbons (Fsp3) is 0.240. The maximum Gasteiger partial charge on any atom is 0.294 e. The molecule has 0 spiro atoms. The second-order valence-electron chi connectivity index (χ2n) is 8.10. The first-order valence-electron chi connectivity index (χ1n) is 10.4. The van der Waals surface area contributed by atoms with E-state index in [1.54, 1.807) is 28.9 Å². The molecule has 0 N–H and O–H groups in total. The molecule has 0 bridgehead atoms. The highest BCUT2D eigenvalue weighted by atomic mass is 16.3. The Morgan fingerprint density at radius 3 is 2.68 bits per heavy atom. The first-order valence-corrected chi connectivity index (χ1v) is 10.4. The molecule has 5 rings (SSSR count). The number of nitrogens with zero attached hydrogens (tertiary/aromatic N) is 3. The number of fused-ring (bicyclic) bond motifs is 2. The Balaban J connectivity index is 1.57. The molecule has 0 fully saturated rings. The van der Waals surface area contributed by atoms with Crippen LogP contribution in [-0.2, 0) is 11.2 Å². The number of carbonyl (C=O) groups excluding carboxylic acids is 2. The molecule has 1 aromatic heterocycles. The Labute approximate surface area is 180 Å². The van der Waals surface area contributed by atoms with Gasteiger partial charge < -0.3 is 14.2 Å². The highest BCUT2D eigenvalue weighted by Gasteiger charge is 2.35. The normalized spacial score (nSPS) is 19.7. The van der Waals surface area contributed by atoms with Crippen LogP contribution in [0.15, 0.2) is 70.3 Å². The van der Waals surface area contributed by atoms with Crippen LogP contribution in [0.5, 0.6) is 0 Å². The average Bonchev–Trinajstić information content (AvgIpc) is 3.32. The quantitative estimate of drug-likeness (QED) is 0.610. The van der Waals surface area contributed by atoms with Crippen molar-refractivity contribution < 1.29 is 14.0 Å². The number of benzene rings is 2. The van der Waals surface area contributed by atoms with Crippen LogP contribution in [0.4, 0.5) is 17.1 Å². The molecule has 2 amide bonds. The summed E-state index contributed by atoms with van der Waals surface area (Å²) in [5, 5.41) is 0. The number of para-hydroxylation sites is 1. The molecule has 31 heavy (non-hydrogen) atoms. The van der Waals surface area contributed by atoms with Crippen molar-refractivity contribution in [2.75, 3.05) is 16.3 Å². The molecule has 2 aliphatic heterocycles. The summed E-state index contributed by atoms with van der Waals surface area (Å²) in [6.45, 7) is 3.91. The summed E-state index contributed by atoms with van der Waals surface area (Å²) in [6.07, 6.45) is 4.31. The van der Waals surface area contributed by atoms with Crippen molar-refractivity contribution in [3.8, 4) is 0 Å². The van der Waals surface area contributed by atoms with Crippen molar-refractivity contribution in [1.29, 1.82) is 0 Å². The topological polar surface area (TPSA) is 66.1 Å². The third kappa shape index (κ3) is 3.34. The molecule has 0 aliphatic carbocycles. The van der Waals surface area contributed by atoms with E-state index >= 15 is 0 Å². The smallest absolute Gasteiger partial charge is 0.294 e. The van der Waals surface area contributed by atoms with E-state index in [1.807, 2.05) is 49.5 Å². The Morgan fingerprint density at radius 2 is 1.90 bits per heavy atom. The van der Waals surface area contributed by atoms with Crippen molar-refractivity contribution in [1.82, 2.24) is 0 Å². The molecule has 2 aliphatic rings. The first-order chi connectivity index (χ1) is 15.0. The molecule has 0 saturated heterocycles. The Kier molecular flexibility index (Phi) is 4.70. The van der Waals surface area contributed by atoms with E-state index in [4.69, 9.17) is 4.42 Å². The summed E-state index contributed by atoms with van der Waals surface area (Å²) in [5.74, 6) is 0.139. The van der Waals surface area contributed by atoms with Crippen LogP contribution in [0.2, 0.25) is 0 Å². The van der Waals surface area contributed by atoms with Crippen LogP contribution in [-0.4, -0.2) is 30.6 Å². The molecule has 2 aromatic carbocycles. The maximum absolute atomic E-state index is 13.2. The number of furan rings is 1. The van der Waals surface area contributed by atoms with Gasteiger partial charge in [0.2, 0.25) is 5.91 Å². The monoisotopic (exact) mass is 413 g/mol. The van der Waals surface area contributed by atoms with E-state index < -0.39 is 0 Å². The van der Waals surface area contributed by atoms with Crippen LogP contribution in [0.25, 0.3) is 0 Å². The molecular weight excluding hydrogens is 390 g/mol. The minimum atomic E-state index is -0.207. The van der Waals surface area contributed by atoms with Gasteiger partial charge in [-0.25, -0.2) is 0 Å². The van der Waals surface area contributed by atoms with E-state index in [-0.39, 0.29) is 29.5 Å². The summed E-state index contributed by atoms with van der Waals surface area (Å²) in [5.41, 5.74) is 4.73. The predicted molar refractivity (Wildman–Crippen MR) is 120 cm³/mol. The lowest BCUT2D eigenvalue weighted by molar-refractivity contribution is -0.117. The Hall–Kier alpha value is -3.67. The van der Waals surface area contributed by atoms with Crippen molar-refractivity contribution in [2.45, 2.75) is 32.2 Å². The predicted octanol–water partition coefficient (Wildman–Crippen LogP) is 4.72. The zero-order valence-corrected chi connectivity index (χ0v) is 17.5. The standard InChI is InChI=1S/C25H23N3O3/c1-16-15-27(25(30)24-8-5-11-31-24)23-13-18(9-10-22(23)28(16)17(2)29)20-12-19-6-3-4-7-21(19)26-14-20/h3-11,13-14,16,20H,12,15H2,1-2H3/t16-,20?/m0/s1. The lowest BCUT2D eigenvalue weighted by atomic mass is 9.89. The highest BCUT2D eigenvalue weighted by molar-refractivity contribution is 6.09. The van der Waals surface area contributed by atoms with Gasteiger partial charge in [0.05, 0.1) is 29.4 Å². The van der Waals surface area contributed by atoms with Crippen molar-refractivity contribution in [3.05, 3.63) is 77.7 Å². The van der Waals surface area contributed by atoms with Crippen LogP contribution in [0.1, 0.15) is 41.4 Å². The number of amides is 2. The van der Waals surface area contributed by atoms with Crippen LogP contribution in [0, 0.1) is 0 Å². The van der Waals surface area contributed by atoms with Crippen LogP contribution >= 0.6 is 0 Å². The van der Waals surface area contributed by atoms with E-state index in [2.05, 4.69) is 11.1 Å². The fourth-order valence-corrected chi connectivity index (χ4v) is 4.55. The Bertz CT molecular complexity index is 1180. The van der Waals surface area contributed by atoms with Gasteiger partial charge in [0.25, 0.3) is 5.91 Å². The van der Waals surface area contributed by atoms with Gasteiger partial charge in [-0.1, -0.05) is 24.3 Å². The van der Waals surface area contributed by atoms with Gasteiger partial charge in [0, 0.05) is 25.6 Å². The van der Waals surface area contributed by atoms with Gasteiger partial charge in [-0.3, -0.25) is 14.6 Å². The van der Waals surface area contributed by atoms with Gasteiger partial charge in [-0.2, -0.15) is 0 Å². The number of carbonyl (C=O) groups is 2.